The molecule has 21 heavy (non-hydrogen) atoms. The van der Waals surface area contributed by atoms with Gasteiger partial charge < -0.3 is 10.2 Å². The molecule has 3 nitrogen and oxygen atoms in total. The Morgan fingerprint density at radius 2 is 2.10 bits per heavy atom. The van der Waals surface area contributed by atoms with Gasteiger partial charge in [0, 0.05) is 36.3 Å². The Labute approximate surface area is 136 Å². The molecule has 0 aliphatic carbocycles. The Morgan fingerprint density at radius 3 is 2.76 bits per heavy atom. The van der Waals surface area contributed by atoms with Gasteiger partial charge in [-0.2, -0.15) is 0 Å². The van der Waals surface area contributed by atoms with Crippen molar-refractivity contribution in [1.29, 1.82) is 0 Å². The van der Waals surface area contributed by atoms with Crippen LogP contribution in [-0.2, 0) is 13.0 Å². The SMILES string of the molecule is CC(C)CNCc1csc(N(C)C(C)Cc2cccs2)n1. The van der Waals surface area contributed by atoms with Crippen LogP contribution in [0.5, 0.6) is 0 Å². The average molecular weight is 324 g/mol. The molecule has 116 valence electrons. The quantitative estimate of drug-likeness (QED) is 0.795. The van der Waals surface area contributed by atoms with E-state index < -0.39 is 0 Å². The van der Waals surface area contributed by atoms with Crippen LogP contribution in [0.3, 0.4) is 0 Å². The predicted molar refractivity (Wildman–Crippen MR) is 94.5 cm³/mol. The molecule has 1 atom stereocenters. The first-order valence-electron chi connectivity index (χ1n) is 7.46. The predicted octanol–water partition coefficient (Wildman–Crippen LogP) is 4.02. The summed E-state index contributed by atoms with van der Waals surface area (Å²) in [5.74, 6) is 0.677. The van der Waals surface area contributed by atoms with Gasteiger partial charge in [0.25, 0.3) is 0 Å². The van der Waals surface area contributed by atoms with Crippen LogP contribution in [0.2, 0.25) is 0 Å². The molecule has 0 saturated carbocycles. The van der Waals surface area contributed by atoms with Crippen molar-refractivity contribution >= 4 is 27.8 Å². The zero-order chi connectivity index (χ0) is 15.2. The molecule has 1 N–H and O–H groups in total. The lowest BCUT2D eigenvalue weighted by molar-refractivity contribution is 0.549. The molecule has 2 aromatic heterocycles. The second kappa shape index (κ2) is 7.92. The topological polar surface area (TPSA) is 28.2 Å². The summed E-state index contributed by atoms with van der Waals surface area (Å²) in [6.07, 6.45) is 1.08. The molecule has 0 aliphatic rings. The number of hydrogen-bond acceptors (Lipinski definition) is 5. The van der Waals surface area contributed by atoms with E-state index in [0.717, 1.165) is 30.3 Å². The maximum absolute atomic E-state index is 4.74. The smallest absolute Gasteiger partial charge is 0.185 e. The van der Waals surface area contributed by atoms with E-state index in [-0.39, 0.29) is 0 Å². The first kappa shape index (κ1) is 16.5. The third-order valence-electron chi connectivity index (χ3n) is 3.44. The maximum Gasteiger partial charge on any atom is 0.185 e. The summed E-state index contributed by atoms with van der Waals surface area (Å²) in [7, 11) is 2.14. The van der Waals surface area contributed by atoms with Gasteiger partial charge in [-0.25, -0.2) is 4.98 Å². The Morgan fingerprint density at radius 1 is 1.29 bits per heavy atom. The highest BCUT2D eigenvalue weighted by Crippen LogP contribution is 2.23. The van der Waals surface area contributed by atoms with E-state index in [1.807, 2.05) is 11.3 Å². The number of rotatable bonds is 8. The summed E-state index contributed by atoms with van der Waals surface area (Å²) in [4.78, 5) is 8.47. The third kappa shape index (κ3) is 5.09. The third-order valence-corrected chi connectivity index (χ3v) is 5.32. The van der Waals surface area contributed by atoms with Crippen LogP contribution in [0.15, 0.2) is 22.9 Å². The molecule has 0 fully saturated rings. The number of aromatic nitrogens is 1. The second-order valence-corrected chi connectivity index (χ2v) is 7.76. The Balaban J connectivity index is 1.87. The summed E-state index contributed by atoms with van der Waals surface area (Å²) in [6, 6.07) is 4.79. The van der Waals surface area contributed by atoms with Crippen LogP contribution >= 0.6 is 22.7 Å². The normalized spacial score (nSPS) is 12.8. The number of thiazole rings is 1. The molecule has 2 heterocycles. The highest BCUT2D eigenvalue weighted by molar-refractivity contribution is 7.13. The minimum atomic E-state index is 0.464. The van der Waals surface area contributed by atoms with Crippen LogP contribution in [0.4, 0.5) is 5.13 Å². The van der Waals surface area contributed by atoms with Crippen molar-refractivity contribution in [3.05, 3.63) is 33.5 Å². The number of hydrogen-bond donors (Lipinski definition) is 1. The summed E-state index contributed by atoms with van der Waals surface area (Å²) in [5.41, 5.74) is 1.14. The van der Waals surface area contributed by atoms with Gasteiger partial charge in [0.2, 0.25) is 0 Å². The fourth-order valence-electron chi connectivity index (χ4n) is 2.07. The zero-order valence-electron chi connectivity index (χ0n) is 13.3. The Kier molecular flexibility index (Phi) is 6.21. The number of nitrogens with zero attached hydrogens (tertiary/aromatic N) is 2. The second-order valence-electron chi connectivity index (χ2n) is 5.89. The standard InChI is InChI=1S/C16H25N3S2/c1-12(2)9-17-10-14-11-21-16(18-14)19(4)13(3)8-15-6-5-7-20-15/h5-7,11-13,17H,8-10H2,1-4H3. The van der Waals surface area contributed by atoms with Gasteiger partial charge in [0.05, 0.1) is 5.69 Å². The van der Waals surface area contributed by atoms with E-state index >= 15 is 0 Å². The fourth-order valence-corrected chi connectivity index (χ4v) is 3.79. The van der Waals surface area contributed by atoms with Crippen molar-refractivity contribution in [3.8, 4) is 0 Å². The molecule has 0 aliphatic heterocycles. The van der Waals surface area contributed by atoms with E-state index in [1.165, 1.54) is 4.88 Å². The van der Waals surface area contributed by atoms with Gasteiger partial charge in [-0.1, -0.05) is 19.9 Å². The monoisotopic (exact) mass is 323 g/mol. The number of thiophene rings is 1. The molecule has 0 aromatic carbocycles. The van der Waals surface area contributed by atoms with E-state index in [4.69, 9.17) is 4.98 Å². The van der Waals surface area contributed by atoms with Crippen molar-refractivity contribution in [2.24, 2.45) is 5.92 Å². The molecule has 5 heteroatoms. The fraction of sp³-hybridized carbons (Fsp3) is 0.562. The molecule has 2 rings (SSSR count). The van der Waals surface area contributed by atoms with Gasteiger partial charge in [-0.3, -0.25) is 0 Å². The molecule has 2 aromatic rings. The Hall–Kier alpha value is -0.910. The number of nitrogens with one attached hydrogen (secondary N) is 1. The first-order chi connectivity index (χ1) is 10.1. The van der Waals surface area contributed by atoms with Crippen molar-refractivity contribution in [2.45, 2.75) is 39.8 Å². The molecule has 0 saturated heterocycles. The lowest BCUT2D eigenvalue weighted by Gasteiger charge is -2.23. The van der Waals surface area contributed by atoms with Gasteiger partial charge in [0.15, 0.2) is 5.13 Å². The number of likely N-dealkylation sites (N-methyl/N-ethyl adjacent to an activating group) is 1. The summed E-state index contributed by atoms with van der Waals surface area (Å²) >= 11 is 3.56. The number of anilines is 1. The minimum Gasteiger partial charge on any atom is -0.348 e. The summed E-state index contributed by atoms with van der Waals surface area (Å²) in [6.45, 7) is 8.61. The van der Waals surface area contributed by atoms with Gasteiger partial charge in [0.1, 0.15) is 0 Å². The molecular formula is C16H25N3S2. The summed E-state index contributed by atoms with van der Waals surface area (Å²) in [5, 5.41) is 8.86. The van der Waals surface area contributed by atoms with Crippen LogP contribution in [-0.4, -0.2) is 24.6 Å². The molecule has 0 spiro atoms. The van der Waals surface area contributed by atoms with E-state index in [1.54, 1.807) is 11.3 Å². The Bertz CT molecular complexity index is 519. The maximum atomic E-state index is 4.74. The van der Waals surface area contributed by atoms with Crippen LogP contribution < -0.4 is 10.2 Å². The first-order valence-corrected chi connectivity index (χ1v) is 9.22. The van der Waals surface area contributed by atoms with Crippen LogP contribution in [0, 0.1) is 5.92 Å². The lowest BCUT2D eigenvalue weighted by Crippen LogP contribution is -2.30. The van der Waals surface area contributed by atoms with E-state index in [0.29, 0.717) is 12.0 Å². The van der Waals surface area contributed by atoms with Gasteiger partial charge >= 0.3 is 0 Å². The van der Waals surface area contributed by atoms with Crippen molar-refractivity contribution < 1.29 is 0 Å². The lowest BCUT2D eigenvalue weighted by atomic mass is 10.2. The van der Waals surface area contributed by atoms with E-state index in [2.05, 4.69) is 60.9 Å². The van der Waals surface area contributed by atoms with E-state index in [9.17, 15) is 0 Å². The van der Waals surface area contributed by atoms with Crippen LogP contribution in [0.1, 0.15) is 31.3 Å². The molecule has 0 bridgehead atoms. The average Bonchev–Trinajstić information content (AvgIpc) is 3.09. The largest absolute Gasteiger partial charge is 0.348 e. The van der Waals surface area contributed by atoms with Gasteiger partial charge in [-0.15, -0.1) is 22.7 Å². The van der Waals surface area contributed by atoms with Crippen molar-refractivity contribution in [2.75, 3.05) is 18.5 Å². The zero-order valence-corrected chi connectivity index (χ0v) is 14.9. The molecule has 1 unspecified atom stereocenters. The molecule has 0 amide bonds. The van der Waals surface area contributed by atoms with Crippen molar-refractivity contribution in [1.82, 2.24) is 10.3 Å². The summed E-state index contributed by atoms with van der Waals surface area (Å²) < 4.78 is 0. The highest BCUT2D eigenvalue weighted by atomic mass is 32.1. The van der Waals surface area contributed by atoms with Gasteiger partial charge in [-0.05, 0) is 30.8 Å². The minimum absolute atomic E-state index is 0.464. The van der Waals surface area contributed by atoms with Crippen LogP contribution in [0.25, 0.3) is 0 Å². The molecular weight excluding hydrogens is 298 g/mol. The highest BCUT2D eigenvalue weighted by Gasteiger charge is 2.14. The molecule has 0 radical (unpaired) electrons. The van der Waals surface area contributed by atoms with Crippen molar-refractivity contribution in [3.63, 3.8) is 0 Å².